The van der Waals surface area contributed by atoms with Crippen LogP contribution >= 0.6 is 34.8 Å². The van der Waals surface area contributed by atoms with E-state index in [1.54, 1.807) is 12.1 Å². The highest BCUT2D eigenvalue weighted by Crippen LogP contribution is 2.34. The van der Waals surface area contributed by atoms with Gasteiger partial charge >= 0.3 is 5.97 Å². The van der Waals surface area contributed by atoms with Crippen molar-refractivity contribution in [3.63, 3.8) is 0 Å². The monoisotopic (exact) mass is 289 g/mol. The third-order valence-corrected chi connectivity index (χ3v) is 3.47. The second-order valence-corrected chi connectivity index (χ2v) is 4.40. The number of nitrogens with zero attached hydrogens (tertiary/aromatic N) is 1. The van der Waals surface area contributed by atoms with Crippen LogP contribution in [0, 0.1) is 0 Å². The number of hydrogen-bond acceptors (Lipinski definition) is 3. The molecule has 0 unspecified atom stereocenters. The average Bonchev–Trinajstić information content (AvgIpc) is 2.33. The molecule has 0 saturated heterocycles. The number of carbonyl (C=O) groups excluding carboxylic acids is 1. The van der Waals surface area contributed by atoms with Gasteiger partial charge in [0.05, 0.1) is 33.3 Å². The first-order valence-corrected chi connectivity index (χ1v) is 5.70. The van der Waals surface area contributed by atoms with Crippen molar-refractivity contribution in [3.05, 3.63) is 39.0 Å². The van der Waals surface area contributed by atoms with Crippen molar-refractivity contribution < 1.29 is 9.53 Å². The molecule has 0 amide bonds. The van der Waals surface area contributed by atoms with Crippen LogP contribution in [0.1, 0.15) is 10.4 Å². The molecule has 17 heavy (non-hydrogen) atoms. The molecule has 0 spiro atoms. The van der Waals surface area contributed by atoms with Crippen molar-refractivity contribution in [2.45, 2.75) is 0 Å². The lowest BCUT2D eigenvalue weighted by molar-refractivity contribution is 0.0600. The molecule has 0 aliphatic heterocycles. The quantitative estimate of drug-likeness (QED) is 0.746. The summed E-state index contributed by atoms with van der Waals surface area (Å²) in [6.07, 6.45) is 1.32. The van der Waals surface area contributed by atoms with Gasteiger partial charge in [0.1, 0.15) is 0 Å². The predicted octanol–water partition coefficient (Wildman–Crippen LogP) is 3.98. The summed E-state index contributed by atoms with van der Waals surface area (Å²) < 4.78 is 4.60. The summed E-state index contributed by atoms with van der Waals surface area (Å²) in [4.78, 5) is 15.5. The number of rotatable bonds is 1. The fraction of sp³-hybridized carbons (Fsp3) is 0.0909. The van der Waals surface area contributed by atoms with Crippen LogP contribution in [0.4, 0.5) is 0 Å². The Morgan fingerprint density at radius 2 is 1.94 bits per heavy atom. The topological polar surface area (TPSA) is 39.2 Å². The minimum Gasteiger partial charge on any atom is -0.465 e. The number of fused-ring (bicyclic) bond motifs is 1. The van der Waals surface area contributed by atoms with Gasteiger partial charge in [0, 0.05) is 11.6 Å². The predicted molar refractivity (Wildman–Crippen MR) is 68.1 cm³/mol. The Bertz CT molecular complexity index is 613. The lowest BCUT2D eigenvalue weighted by Crippen LogP contribution is -2.03. The Morgan fingerprint density at radius 3 is 2.59 bits per heavy atom. The molecule has 2 rings (SSSR count). The van der Waals surface area contributed by atoms with Gasteiger partial charge in [-0.1, -0.05) is 34.8 Å². The van der Waals surface area contributed by atoms with Crippen LogP contribution in [0.25, 0.3) is 10.9 Å². The summed E-state index contributed by atoms with van der Waals surface area (Å²) in [6, 6.07) is 3.26. The second kappa shape index (κ2) is 4.69. The summed E-state index contributed by atoms with van der Waals surface area (Å²) in [5.41, 5.74) is 0.650. The molecule has 0 aliphatic rings. The van der Waals surface area contributed by atoms with Crippen molar-refractivity contribution >= 4 is 51.7 Å². The molecular weight excluding hydrogens is 284 g/mol. The van der Waals surface area contributed by atoms with Gasteiger partial charge in [0.25, 0.3) is 0 Å². The highest BCUT2D eigenvalue weighted by molar-refractivity contribution is 6.46. The lowest BCUT2D eigenvalue weighted by atomic mass is 10.1. The van der Waals surface area contributed by atoms with Crippen LogP contribution in [0.15, 0.2) is 18.3 Å². The molecule has 0 N–H and O–H groups in total. The summed E-state index contributed by atoms with van der Waals surface area (Å²) >= 11 is 18.0. The minimum atomic E-state index is -0.546. The van der Waals surface area contributed by atoms with E-state index in [1.807, 2.05) is 0 Å². The molecule has 88 valence electrons. The van der Waals surface area contributed by atoms with Crippen LogP contribution < -0.4 is 0 Å². The van der Waals surface area contributed by atoms with Crippen molar-refractivity contribution in [3.8, 4) is 0 Å². The lowest BCUT2D eigenvalue weighted by Gasteiger charge is -2.07. The van der Waals surface area contributed by atoms with E-state index in [2.05, 4.69) is 9.72 Å². The first kappa shape index (κ1) is 12.4. The van der Waals surface area contributed by atoms with E-state index in [0.29, 0.717) is 20.9 Å². The Morgan fingerprint density at radius 1 is 1.24 bits per heavy atom. The number of hydrogen-bond donors (Lipinski definition) is 0. The van der Waals surface area contributed by atoms with Gasteiger partial charge < -0.3 is 4.74 Å². The zero-order chi connectivity index (χ0) is 12.6. The van der Waals surface area contributed by atoms with E-state index in [-0.39, 0.29) is 10.6 Å². The van der Waals surface area contributed by atoms with Crippen LogP contribution in [0.5, 0.6) is 0 Å². The molecule has 0 radical (unpaired) electrons. The van der Waals surface area contributed by atoms with Gasteiger partial charge in [-0.15, -0.1) is 0 Å². The van der Waals surface area contributed by atoms with E-state index >= 15 is 0 Å². The molecule has 0 bridgehead atoms. The van der Waals surface area contributed by atoms with E-state index in [0.717, 1.165) is 0 Å². The molecule has 0 aliphatic carbocycles. The van der Waals surface area contributed by atoms with E-state index in [1.165, 1.54) is 13.3 Å². The molecule has 2 aromatic rings. The standard InChI is InChI=1S/C11H6Cl3NO2/c1-17-11(16)6-4-15-10-5(8(6)13)2-3-7(12)9(10)14/h2-4H,1H3. The first-order chi connectivity index (χ1) is 8.06. The maximum Gasteiger partial charge on any atom is 0.340 e. The number of carbonyl (C=O) groups is 1. The second-order valence-electron chi connectivity index (χ2n) is 3.23. The third-order valence-electron chi connectivity index (χ3n) is 2.27. The number of halogens is 3. The van der Waals surface area contributed by atoms with Gasteiger partial charge in [-0.3, -0.25) is 4.98 Å². The third kappa shape index (κ3) is 2.06. The highest BCUT2D eigenvalue weighted by Gasteiger charge is 2.16. The molecule has 0 fully saturated rings. The zero-order valence-corrected chi connectivity index (χ0v) is 10.9. The van der Waals surface area contributed by atoms with Gasteiger partial charge in [0.2, 0.25) is 0 Å². The number of pyridine rings is 1. The van der Waals surface area contributed by atoms with E-state index in [4.69, 9.17) is 34.8 Å². The van der Waals surface area contributed by atoms with Gasteiger partial charge in [-0.2, -0.15) is 0 Å². The fourth-order valence-corrected chi connectivity index (χ4v) is 2.07. The highest BCUT2D eigenvalue weighted by atomic mass is 35.5. The van der Waals surface area contributed by atoms with Crippen LogP contribution in [0.2, 0.25) is 15.1 Å². The molecule has 1 aromatic heterocycles. The van der Waals surface area contributed by atoms with E-state index < -0.39 is 5.97 Å². The van der Waals surface area contributed by atoms with Crippen LogP contribution in [0.3, 0.4) is 0 Å². The summed E-state index contributed by atoms with van der Waals surface area (Å²) in [5.74, 6) is -0.546. The summed E-state index contributed by atoms with van der Waals surface area (Å²) in [7, 11) is 1.28. The molecule has 0 atom stereocenters. The molecular formula is C11H6Cl3NO2. The molecule has 0 saturated carbocycles. The zero-order valence-electron chi connectivity index (χ0n) is 8.63. The largest absolute Gasteiger partial charge is 0.465 e. The minimum absolute atomic E-state index is 0.194. The van der Waals surface area contributed by atoms with Gasteiger partial charge in [-0.25, -0.2) is 4.79 Å². The smallest absolute Gasteiger partial charge is 0.340 e. The van der Waals surface area contributed by atoms with Crippen LogP contribution in [-0.2, 0) is 4.74 Å². The molecule has 6 heteroatoms. The molecule has 3 nitrogen and oxygen atoms in total. The normalized spacial score (nSPS) is 10.6. The number of aromatic nitrogens is 1. The van der Waals surface area contributed by atoms with Crippen LogP contribution in [-0.4, -0.2) is 18.1 Å². The Labute approximate surface area is 112 Å². The van der Waals surface area contributed by atoms with Crippen molar-refractivity contribution in [1.82, 2.24) is 4.98 Å². The first-order valence-electron chi connectivity index (χ1n) is 4.56. The van der Waals surface area contributed by atoms with Gasteiger partial charge in [0.15, 0.2) is 0 Å². The SMILES string of the molecule is COC(=O)c1cnc2c(Cl)c(Cl)ccc2c1Cl. The number of methoxy groups -OCH3 is 1. The maximum absolute atomic E-state index is 11.4. The molecule has 1 aromatic carbocycles. The van der Waals surface area contributed by atoms with Crippen molar-refractivity contribution in [2.24, 2.45) is 0 Å². The number of esters is 1. The average molecular weight is 291 g/mol. The summed E-state index contributed by atoms with van der Waals surface area (Å²) in [5, 5.41) is 1.50. The van der Waals surface area contributed by atoms with Crippen molar-refractivity contribution in [2.75, 3.05) is 7.11 Å². The van der Waals surface area contributed by atoms with Gasteiger partial charge in [-0.05, 0) is 12.1 Å². The maximum atomic E-state index is 11.4. The number of benzene rings is 1. The number of ether oxygens (including phenoxy) is 1. The Kier molecular flexibility index (Phi) is 3.43. The van der Waals surface area contributed by atoms with Crippen molar-refractivity contribution in [1.29, 1.82) is 0 Å². The summed E-state index contributed by atoms with van der Waals surface area (Å²) in [6.45, 7) is 0. The Balaban J connectivity index is 2.77. The van der Waals surface area contributed by atoms with E-state index in [9.17, 15) is 4.79 Å². The Hall–Kier alpha value is -1.03. The fourth-order valence-electron chi connectivity index (χ4n) is 1.43. The molecule has 1 heterocycles.